The average Bonchev–Trinajstić information content (AvgIpc) is 2.77. The summed E-state index contributed by atoms with van der Waals surface area (Å²) in [5.41, 5.74) is 3.16. The van der Waals surface area contributed by atoms with Crippen LogP contribution in [-0.4, -0.2) is 54.7 Å². The Balaban J connectivity index is 1.85. The first-order valence-corrected chi connectivity index (χ1v) is 10.9. The van der Waals surface area contributed by atoms with Crippen LogP contribution in [0.5, 0.6) is 0 Å². The van der Waals surface area contributed by atoms with Crippen molar-refractivity contribution in [3.05, 3.63) is 59.9 Å². The Hall–Kier alpha value is -2.35. The first-order valence-electron chi connectivity index (χ1n) is 10.3. The van der Waals surface area contributed by atoms with Gasteiger partial charge in [0.1, 0.15) is 6.54 Å². The summed E-state index contributed by atoms with van der Waals surface area (Å²) in [6.07, 6.45) is 9.48. The predicted octanol–water partition coefficient (Wildman–Crippen LogP) is 1.76. The van der Waals surface area contributed by atoms with Gasteiger partial charge in [0, 0.05) is 56.0 Å². The van der Waals surface area contributed by atoms with Crippen LogP contribution in [0.2, 0.25) is 0 Å². The first kappa shape index (κ1) is 23.9. The maximum Gasteiger partial charge on any atom is 0.220 e. The second-order valence-corrected chi connectivity index (χ2v) is 7.35. The van der Waals surface area contributed by atoms with Gasteiger partial charge in [-0.05, 0) is 23.3 Å². The van der Waals surface area contributed by atoms with E-state index < -0.39 is 0 Å². The van der Waals surface area contributed by atoms with Gasteiger partial charge >= 0.3 is 0 Å². The van der Waals surface area contributed by atoms with Crippen LogP contribution in [0.4, 0.5) is 5.69 Å². The standard InChI is InChI=1S/C23H31N3O3S/c27-17-15-26(16-18-28)22-7-5-20(6-8-22)3-4-21-9-13-25(14-10-21)12-1-2-23(29)24-11-19-30/h3-10,13-14,27-28H,1-2,11-12,15-19H2,(H-,24,29,30)/p+1. The molecule has 0 saturated heterocycles. The summed E-state index contributed by atoms with van der Waals surface area (Å²) >= 11 is 4.08. The highest BCUT2D eigenvalue weighted by atomic mass is 32.1. The molecule has 2 rings (SSSR count). The third-order valence-corrected chi connectivity index (χ3v) is 4.86. The van der Waals surface area contributed by atoms with Crippen molar-refractivity contribution >= 4 is 36.4 Å². The summed E-state index contributed by atoms with van der Waals surface area (Å²) in [5, 5.41) is 21.1. The lowest BCUT2D eigenvalue weighted by molar-refractivity contribution is -0.697. The normalized spacial score (nSPS) is 11.0. The van der Waals surface area contributed by atoms with Crippen LogP contribution >= 0.6 is 12.6 Å². The minimum absolute atomic E-state index is 0.0545. The number of carbonyl (C=O) groups excluding carboxylic acids is 1. The van der Waals surface area contributed by atoms with Gasteiger partial charge in [0.2, 0.25) is 5.91 Å². The Labute approximate surface area is 184 Å². The highest BCUT2D eigenvalue weighted by molar-refractivity contribution is 7.80. The molecule has 1 amide bonds. The van der Waals surface area contributed by atoms with Crippen LogP contribution in [-0.2, 0) is 11.3 Å². The number of rotatable bonds is 13. The van der Waals surface area contributed by atoms with Crippen LogP contribution in [0.1, 0.15) is 24.0 Å². The molecular weight excluding hydrogens is 398 g/mol. The number of pyridine rings is 1. The lowest BCUT2D eigenvalue weighted by atomic mass is 10.1. The van der Waals surface area contributed by atoms with Gasteiger partial charge in [-0.15, -0.1) is 0 Å². The summed E-state index contributed by atoms with van der Waals surface area (Å²) in [6, 6.07) is 12.1. The third-order valence-electron chi connectivity index (χ3n) is 4.64. The maximum absolute atomic E-state index is 11.6. The van der Waals surface area contributed by atoms with Crippen LogP contribution < -0.4 is 14.8 Å². The topological polar surface area (TPSA) is 76.7 Å². The number of benzene rings is 1. The van der Waals surface area contributed by atoms with E-state index in [0.29, 0.717) is 31.8 Å². The van der Waals surface area contributed by atoms with Crippen LogP contribution in [0.25, 0.3) is 12.2 Å². The van der Waals surface area contributed by atoms with Crippen molar-refractivity contribution in [2.75, 3.05) is 43.5 Å². The van der Waals surface area contributed by atoms with E-state index in [2.05, 4.69) is 46.8 Å². The van der Waals surface area contributed by atoms with Gasteiger partial charge in [0.25, 0.3) is 0 Å². The third kappa shape index (κ3) is 8.57. The van der Waals surface area contributed by atoms with E-state index in [1.165, 1.54) is 0 Å². The number of aliphatic hydroxyl groups is 2. The largest absolute Gasteiger partial charge is 0.395 e. The Morgan fingerprint density at radius 2 is 1.60 bits per heavy atom. The zero-order valence-electron chi connectivity index (χ0n) is 17.3. The van der Waals surface area contributed by atoms with Crippen LogP contribution in [0.15, 0.2) is 48.8 Å². The summed E-state index contributed by atoms with van der Waals surface area (Å²) in [6.45, 7) is 2.53. The summed E-state index contributed by atoms with van der Waals surface area (Å²) < 4.78 is 2.08. The number of amides is 1. The van der Waals surface area contributed by atoms with E-state index in [9.17, 15) is 4.79 Å². The molecule has 3 N–H and O–H groups in total. The molecule has 1 aromatic heterocycles. The molecule has 7 heteroatoms. The Morgan fingerprint density at radius 3 is 2.17 bits per heavy atom. The molecule has 2 aromatic rings. The summed E-state index contributed by atoms with van der Waals surface area (Å²) in [4.78, 5) is 13.6. The van der Waals surface area contributed by atoms with Crippen molar-refractivity contribution in [3.8, 4) is 0 Å². The second kappa shape index (κ2) is 13.8. The van der Waals surface area contributed by atoms with Gasteiger partial charge in [-0.25, -0.2) is 4.57 Å². The van der Waals surface area contributed by atoms with Crippen molar-refractivity contribution in [1.29, 1.82) is 0 Å². The van der Waals surface area contributed by atoms with Crippen molar-refractivity contribution in [2.24, 2.45) is 0 Å². The van der Waals surface area contributed by atoms with Gasteiger partial charge in [-0.3, -0.25) is 4.79 Å². The van der Waals surface area contributed by atoms with Gasteiger partial charge in [-0.2, -0.15) is 12.6 Å². The zero-order valence-corrected chi connectivity index (χ0v) is 18.2. The number of nitrogens with one attached hydrogen (secondary N) is 1. The lowest BCUT2D eigenvalue weighted by Gasteiger charge is -2.22. The Kier molecular flexibility index (Phi) is 11.0. The van der Waals surface area contributed by atoms with E-state index >= 15 is 0 Å². The fourth-order valence-electron chi connectivity index (χ4n) is 3.04. The maximum atomic E-state index is 11.6. The van der Waals surface area contributed by atoms with Crippen LogP contribution in [0.3, 0.4) is 0 Å². The molecule has 0 radical (unpaired) electrons. The van der Waals surface area contributed by atoms with Crippen molar-refractivity contribution in [2.45, 2.75) is 19.4 Å². The molecule has 162 valence electrons. The SMILES string of the molecule is O=C(CCC[n+]1ccc(/C=C/c2ccc(N(CCO)CCO)cc2)cc1)NCCS. The van der Waals surface area contributed by atoms with Gasteiger partial charge < -0.3 is 20.4 Å². The highest BCUT2D eigenvalue weighted by Crippen LogP contribution is 2.16. The van der Waals surface area contributed by atoms with E-state index in [4.69, 9.17) is 10.2 Å². The molecule has 0 aliphatic carbocycles. The number of aromatic nitrogens is 1. The fourth-order valence-corrected chi connectivity index (χ4v) is 3.15. The number of carbonyl (C=O) groups is 1. The monoisotopic (exact) mass is 430 g/mol. The highest BCUT2D eigenvalue weighted by Gasteiger charge is 2.05. The van der Waals surface area contributed by atoms with Gasteiger partial charge in [0.15, 0.2) is 12.4 Å². The molecule has 1 heterocycles. The van der Waals surface area contributed by atoms with Gasteiger partial charge in [-0.1, -0.05) is 24.3 Å². The minimum Gasteiger partial charge on any atom is -0.395 e. The number of aliphatic hydroxyl groups excluding tert-OH is 2. The van der Waals surface area contributed by atoms with Crippen LogP contribution in [0, 0.1) is 0 Å². The Morgan fingerprint density at radius 1 is 1.00 bits per heavy atom. The smallest absolute Gasteiger partial charge is 0.220 e. The molecule has 0 aliphatic rings. The number of thiol groups is 1. The molecule has 0 spiro atoms. The van der Waals surface area contributed by atoms with E-state index in [-0.39, 0.29) is 19.1 Å². The Bertz CT molecular complexity index is 773. The molecule has 0 atom stereocenters. The zero-order chi connectivity index (χ0) is 21.6. The molecule has 0 aliphatic heterocycles. The minimum atomic E-state index is 0.0545. The molecule has 0 fully saturated rings. The second-order valence-electron chi connectivity index (χ2n) is 6.91. The molecule has 1 aromatic carbocycles. The number of aryl methyl sites for hydroxylation is 1. The van der Waals surface area contributed by atoms with Crippen molar-refractivity contribution < 1.29 is 19.6 Å². The number of anilines is 1. The average molecular weight is 431 g/mol. The van der Waals surface area contributed by atoms with E-state index in [1.807, 2.05) is 41.6 Å². The quantitative estimate of drug-likeness (QED) is 0.289. The van der Waals surface area contributed by atoms with Crippen molar-refractivity contribution in [1.82, 2.24) is 5.32 Å². The fraction of sp³-hybridized carbons (Fsp3) is 0.391. The molecule has 30 heavy (non-hydrogen) atoms. The molecule has 0 bridgehead atoms. The van der Waals surface area contributed by atoms with Gasteiger partial charge in [0.05, 0.1) is 13.2 Å². The van der Waals surface area contributed by atoms with Crippen molar-refractivity contribution in [3.63, 3.8) is 0 Å². The summed E-state index contributed by atoms with van der Waals surface area (Å²) in [7, 11) is 0. The predicted molar refractivity (Wildman–Crippen MR) is 124 cm³/mol. The summed E-state index contributed by atoms with van der Waals surface area (Å²) in [5.74, 6) is 0.733. The first-order chi connectivity index (χ1) is 14.7. The molecule has 0 saturated carbocycles. The molecule has 6 nitrogen and oxygen atoms in total. The number of hydrogen-bond acceptors (Lipinski definition) is 5. The lowest BCUT2D eigenvalue weighted by Crippen LogP contribution is -2.33. The molecular formula is C23H32N3O3S+. The molecule has 0 unspecified atom stereocenters. The number of hydrogen-bond donors (Lipinski definition) is 4. The number of nitrogens with zero attached hydrogens (tertiary/aromatic N) is 2. The van der Waals surface area contributed by atoms with E-state index in [1.54, 1.807) is 0 Å². The van der Waals surface area contributed by atoms with E-state index in [0.717, 1.165) is 29.8 Å².